The fourth-order valence-electron chi connectivity index (χ4n) is 1.34. The van der Waals surface area contributed by atoms with E-state index in [-0.39, 0.29) is 11.9 Å². The fraction of sp³-hybridized carbons (Fsp3) is 1.00. The number of ether oxygens (including phenoxy) is 2. The lowest BCUT2D eigenvalue weighted by molar-refractivity contribution is -0.137. The van der Waals surface area contributed by atoms with Gasteiger partial charge in [0.1, 0.15) is 0 Å². The molecule has 3 heteroatoms. The molecule has 1 heterocycles. The third-order valence-corrected chi connectivity index (χ3v) is 2.37. The first-order valence-corrected chi connectivity index (χ1v) is 5.08. The summed E-state index contributed by atoms with van der Waals surface area (Å²) in [6.45, 7) is 9.86. The van der Waals surface area contributed by atoms with Gasteiger partial charge in [-0.25, -0.2) is 0 Å². The maximum Gasteiger partial charge on any atom is 0.163 e. The van der Waals surface area contributed by atoms with Crippen LogP contribution in [0.3, 0.4) is 0 Å². The predicted molar refractivity (Wildman–Crippen MR) is 52.7 cm³/mol. The zero-order valence-corrected chi connectivity index (χ0v) is 9.09. The molecule has 0 radical (unpaired) electrons. The maximum atomic E-state index is 5.66. The monoisotopic (exact) mass is 187 g/mol. The van der Waals surface area contributed by atoms with Crippen molar-refractivity contribution in [2.75, 3.05) is 13.2 Å². The molecular formula is C10H21NO2. The van der Waals surface area contributed by atoms with Gasteiger partial charge < -0.3 is 14.8 Å². The average molecular weight is 187 g/mol. The first-order chi connectivity index (χ1) is 6.03. The van der Waals surface area contributed by atoms with Crippen molar-refractivity contribution in [1.82, 2.24) is 5.32 Å². The van der Waals surface area contributed by atoms with Crippen LogP contribution in [0.1, 0.15) is 34.1 Å². The van der Waals surface area contributed by atoms with Crippen molar-refractivity contribution in [3.8, 4) is 0 Å². The molecule has 1 saturated heterocycles. The molecule has 2 atom stereocenters. The van der Waals surface area contributed by atoms with E-state index in [0.717, 1.165) is 13.0 Å². The Morgan fingerprint density at radius 2 is 2.23 bits per heavy atom. The van der Waals surface area contributed by atoms with Crippen LogP contribution >= 0.6 is 0 Å². The molecule has 0 bridgehead atoms. The largest absolute Gasteiger partial charge is 0.348 e. The summed E-state index contributed by atoms with van der Waals surface area (Å²) in [7, 11) is 0. The van der Waals surface area contributed by atoms with E-state index in [4.69, 9.17) is 9.47 Å². The van der Waals surface area contributed by atoms with Crippen LogP contribution in [-0.2, 0) is 9.47 Å². The Labute approximate surface area is 80.8 Å². The number of nitrogens with one attached hydrogen (secondary N) is 1. The molecule has 78 valence electrons. The quantitative estimate of drug-likeness (QED) is 0.724. The minimum Gasteiger partial charge on any atom is -0.348 e. The molecule has 0 aromatic rings. The van der Waals surface area contributed by atoms with Crippen molar-refractivity contribution < 1.29 is 9.47 Å². The lowest BCUT2D eigenvalue weighted by Gasteiger charge is -2.18. The van der Waals surface area contributed by atoms with Crippen LogP contribution in [0.15, 0.2) is 0 Å². The van der Waals surface area contributed by atoms with Crippen molar-refractivity contribution in [2.45, 2.75) is 52.0 Å². The lowest BCUT2D eigenvalue weighted by Crippen LogP contribution is -2.35. The van der Waals surface area contributed by atoms with Gasteiger partial charge in [-0.05, 0) is 27.2 Å². The second-order valence-electron chi connectivity index (χ2n) is 4.17. The molecule has 1 aliphatic rings. The van der Waals surface area contributed by atoms with E-state index < -0.39 is 0 Å². The van der Waals surface area contributed by atoms with Crippen LogP contribution in [0, 0.1) is 0 Å². The zero-order chi connectivity index (χ0) is 9.90. The smallest absolute Gasteiger partial charge is 0.163 e. The summed E-state index contributed by atoms with van der Waals surface area (Å²) in [4.78, 5) is 0. The van der Waals surface area contributed by atoms with E-state index in [2.05, 4.69) is 19.2 Å². The van der Waals surface area contributed by atoms with Gasteiger partial charge in [0.2, 0.25) is 0 Å². The second-order valence-corrected chi connectivity index (χ2v) is 4.17. The maximum absolute atomic E-state index is 5.66. The lowest BCUT2D eigenvalue weighted by atomic mass is 10.2. The molecule has 13 heavy (non-hydrogen) atoms. The van der Waals surface area contributed by atoms with E-state index in [0.29, 0.717) is 12.6 Å². The molecular weight excluding hydrogens is 166 g/mol. The highest BCUT2D eigenvalue weighted by atomic mass is 16.7. The van der Waals surface area contributed by atoms with Gasteiger partial charge in [-0.2, -0.15) is 0 Å². The molecule has 3 nitrogen and oxygen atoms in total. The summed E-state index contributed by atoms with van der Waals surface area (Å²) in [5, 5.41) is 3.41. The van der Waals surface area contributed by atoms with Gasteiger partial charge in [-0.15, -0.1) is 0 Å². The Balaban J connectivity index is 2.17. The number of hydrogen-bond donors (Lipinski definition) is 1. The summed E-state index contributed by atoms with van der Waals surface area (Å²) >= 11 is 0. The van der Waals surface area contributed by atoms with Gasteiger partial charge in [-0.1, -0.05) is 6.92 Å². The predicted octanol–water partition coefficient (Wildman–Crippen LogP) is 1.53. The van der Waals surface area contributed by atoms with E-state index in [1.165, 1.54) is 0 Å². The third kappa shape index (κ3) is 3.63. The van der Waals surface area contributed by atoms with Crippen molar-refractivity contribution >= 4 is 0 Å². The van der Waals surface area contributed by atoms with Gasteiger partial charge in [0.25, 0.3) is 0 Å². The molecule has 0 aliphatic carbocycles. The highest BCUT2D eigenvalue weighted by Crippen LogP contribution is 2.21. The highest BCUT2D eigenvalue weighted by molar-refractivity contribution is 4.73. The average Bonchev–Trinajstić information content (AvgIpc) is 2.41. The minimum absolute atomic E-state index is 0.212. The topological polar surface area (TPSA) is 30.5 Å². The van der Waals surface area contributed by atoms with Gasteiger partial charge in [-0.3, -0.25) is 0 Å². The molecule has 0 saturated carbocycles. The van der Waals surface area contributed by atoms with E-state index in [1.54, 1.807) is 0 Å². The minimum atomic E-state index is -0.387. The molecule has 1 aliphatic heterocycles. The molecule has 1 fully saturated rings. The molecule has 0 amide bonds. The molecule has 2 unspecified atom stereocenters. The fourth-order valence-corrected chi connectivity index (χ4v) is 1.34. The normalized spacial score (nSPS) is 29.1. The summed E-state index contributed by atoms with van der Waals surface area (Å²) < 4.78 is 11.1. The molecule has 0 aromatic heterocycles. The summed E-state index contributed by atoms with van der Waals surface area (Å²) in [6, 6.07) is 0.562. The van der Waals surface area contributed by atoms with Gasteiger partial charge in [0, 0.05) is 12.6 Å². The number of rotatable bonds is 4. The van der Waals surface area contributed by atoms with Gasteiger partial charge in [0.05, 0.1) is 12.7 Å². The molecule has 1 rings (SSSR count). The second kappa shape index (κ2) is 4.40. The third-order valence-electron chi connectivity index (χ3n) is 2.37. The van der Waals surface area contributed by atoms with Crippen molar-refractivity contribution in [3.63, 3.8) is 0 Å². The van der Waals surface area contributed by atoms with Crippen LogP contribution in [-0.4, -0.2) is 31.1 Å². The van der Waals surface area contributed by atoms with E-state index in [9.17, 15) is 0 Å². The van der Waals surface area contributed by atoms with Crippen molar-refractivity contribution in [3.05, 3.63) is 0 Å². The van der Waals surface area contributed by atoms with Gasteiger partial charge in [0.15, 0.2) is 5.79 Å². The first-order valence-electron chi connectivity index (χ1n) is 5.08. The van der Waals surface area contributed by atoms with Crippen molar-refractivity contribution in [2.24, 2.45) is 0 Å². The Morgan fingerprint density at radius 3 is 2.69 bits per heavy atom. The standard InChI is InChI=1S/C10H21NO2/c1-5-8(2)11-6-9-7-12-10(3,4)13-9/h8-9,11H,5-7H2,1-4H3. The summed E-state index contributed by atoms with van der Waals surface area (Å²) in [6.07, 6.45) is 1.36. The van der Waals surface area contributed by atoms with E-state index >= 15 is 0 Å². The van der Waals surface area contributed by atoms with Crippen LogP contribution in [0.4, 0.5) is 0 Å². The molecule has 0 spiro atoms. The van der Waals surface area contributed by atoms with E-state index in [1.807, 2.05) is 13.8 Å². The SMILES string of the molecule is CCC(C)NCC1COC(C)(C)O1. The van der Waals surface area contributed by atoms with Crippen LogP contribution in [0.25, 0.3) is 0 Å². The van der Waals surface area contributed by atoms with Crippen LogP contribution in [0.5, 0.6) is 0 Å². The zero-order valence-electron chi connectivity index (χ0n) is 9.09. The Bertz CT molecular complexity index is 159. The Kier molecular flexibility index (Phi) is 3.71. The molecule has 0 aromatic carbocycles. The first kappa shape index (κ1) is 11.0. The van der Waals surface area contributed by atoms with Crippen LogP contribution in [0.2, 0.25) is 0 Å². The highest BCUT2D eigenvalue weighted by Gasteiger charge is 2.32. The number of hydrogen-bond acceptors (Lipinski definition) is 3. The molecule has 1 N–H and O–H groups in total. The van der Waals surface area contributed by atoms with Gasteiger partial charge >= 0.3 is 0 Å². The Morgan fingerprint density at radius 1 is 1.54 bits per heavy atom. The Hall–Kier alpha value is -0.120. The van der Waals surface area contributed by atoms with Crippen LogP contribution < -0.4 is 5.32 Å². The van der Waals surface area contributed by atoms with Crippen molar-refractivity contribution in [1.29, 1.82) is 0 Å². The summed E-state index contributed by atoms with van der Waals surface area (Å²) in [5.74, 6) is -0.387. The summed E-state index contributed by atoms with van der Waals surface area (Å²) in [5.41, 5.74) is 0.